The van der Waals surface area contributed by atoms with Gasteiger partial charge in [-0.25, -0.2) is 0 Å². The zero-order chi connectivity index (χ0) is 17.1. The average molecular weight is 343 g/mol. The topological polar surface area (TPSA) is 49.4 Å². The number of benzene rings is 2. The first-order valence-electron chi connectivity index (χ1n) is 8.02. The van der Waals surface area contributed by atoms with Crippen molar-refractivity contribution in [3.8, 4) is 0 Å². The number of hydrogen-bond donors (Lipinski definition) is 1. The molecule has 2 aromatic rings. The van der Waals surface area contributed by atoms with Crippen LogP contribution < -0.4 is 10.2 Å². The summed E-state index contributed by atoms with van der Waals surface area (Å²) >= 11 is 5.93. The highest BCUT2D eigenvalue weighted by atomic mass is 35.5. The third-order valence-electron chi connectivity index (χ3n) is 4.24. The van der Waals surface area contributed by atoms with Gasteiger partial charge in [0.2, 0.25) is 11.8 Å². The molecule has 0 radical (unpaired) electrons. The zero-order valence-electron chi connectivity index (χ0n) is 13.5. The van der Waals surface area contributed by atoms with Gasteiger partial charge in [0.15, 0.2) is 0 Å². The van der Waals surface area contributed by atoms with Gasteiger partial charge in [-0.05, 0) is 42.3 Å². The molecule has 24 heavy (non-hydrogen) atoms. The van der Waals surface area contributed by atoms with E-state index in [-0.39, 0.29) is 24.2 Å². The monoisotopic (exact) mass is 342 g/mol. The first kappa shape index (κ1) is 16.5. The van der Waals surface area contributed by atoms with Gasteiger partial charge in [0.1, 0.15) is 0 Å². The molecule has 1 atom stereocenters. The van der Waals surface area contributed by atoms with Gasteiger partial charge in [0, 0.05) is 29.4 Å². The molecule has 2 amide bonds. The molecule has 1 N–H and O–H groups in total. The lowest BCUT2D eigenvalue weighted by Gasteiger charge is -2.17. The van der Waals surface area contributed by atoms with Crippen LogP contribution in [0.3, 0.4) is 0 Å². The predicted molar refractivity (Wildman–Crippen MR) is 96.4 cm³/mol. The molecule has 0 saturated carbocycles. The minimum atomic E-state index is -0.359. The van der Waals surface area contributed by atoms with Crippen molar-refractivity contribution < 1.29 is 9.59 Å². The average Bonchev–Trinajstić information content (AvgIpc) is 2.97. The molecule has 0 aliphatic carbocycles. The first-order chi connectivity index (χ1) is 11.6. The van der Waals surface area contributed by atoms with E-state index in [1.165, 1.54) is 5.56 Å². The summed E-state index contributed by atoms with van der Waals surface area (Å²) in [6, 6.07) is 14.9. The van der Waals surface area contributed by atoms with Gasteiger partial charge in [-0.15, -0.1) is 0 Å². The fourth-order valence-corrected chi connectivity index (χ4v) is 3.05. The summed E-state index contributed by atoms with van der Waals surface area (Å²) in [7, 11) is 0. The number of nitrogens with one attached hydrogen (secondary N) is 1. The standard InChI is InChI=1S/C19H19ClN2O2/c1-2-13-6-8-17(9-7-13)22-12-14(10-18(22)23)19(24)21-16-5-3-4-15(20)11-16/h3-9,11,14H,2,10,12H2,1H3,(H,21,24). The first-order valence-corrected chi connectivity index (χ1v) is 8.40. The van der Waals surface area contributed by atoms with E-state index in [1.807, 2.05) is 24.3 Å². The predicted octanol–water partition coefficient (Wildman–Crippen LogP) is 3.89. The fourth-order valence-electron chi connectivity index (χ4n) is 2.85. The highest BCUT2D eigenvalue weighted by molar-refractivity contribution is 6.30. The minimum Gasteiger partial charge on any atom is -0.326 e. The quantitative estimate of drug-likeness (QED) is 0.916. The molecule has 5 heteroatoms. The summed E-state index contributed by atoms with van der Waals surface area (Å²) in [6.45, 7) is 2.49. The molecule has 1 aliphatic heterocycles. The lowest BCUT2D eigenvalue weighted by molar-refractivity contribution is -0.122. The highest BCUT2D eigenvalue weighted by Gasteiger charge is 2.35. The van der Waals surface area contributed by atoms with Crippen LogP contribution in [0.15, 0.2) is 48.5 Å². The molecule has 3 rings (SSSR count). The van der Waals surface area contributed by atoms with Gasteiger partial charge < -0.3 is 10.2 Å². The van der Waals surface area contributed by atoms with E-state index in [9.17, 15) is 9.59 Å². The van der Waals surface area contributed by atoms with Crippen molar-refractivity contribution in [3.63, 3.8) is 0 Å². The number of carbonyl (C=O) groups is 2. The molecule has 1 heterocycles. The van der Waals surface area contributed by atoms with Crippen molar-refractivity contribution in [1.82, 2.24) is 0 Å². The smallest absolute Gasteiger partial charge is 0.229 e. The molecule has 0 bridgehead atoms. The number of carbonyl (C=O) groups excluding carboxylic acids is 2. The van der Waals surface area contributed by atoms with E-state index >= 15 is 0 Å². The van der Waals surface area contributed by atoms with Crippen LogP contribution in [0.4, 0.5) is 11.4 Å². The van der Waals surface area contributed by atoms with Gasteiger partial charge in [-0.3, -0.25) is 9.59 Å². The summed E-state index contributed by atoms with van der Waals surface area (Å²) < 4.78 is 0. The molecule has 1 aliphatic rings. The Bertz CT molecular complexity index is 758. The number of halogens is 1. The Morgan fingerprint density at radius 3 is 2.67 bits per heavy atom. The van der Waals surface area contributed by atoms with Crippen molar-refractivity contribution >= 4 is 34.8 Å². The SMILES string of the molecule is CCc1ccc(N2CC(C(=O)Nc3cccc(Cl)c3)CC2=O)cc1. The van der Waals surface area contributed by atoms with Crippen LogP contribution in [-0.4, -0.2) is 18.4 Å². The van der Waals surface area contributed by atoms with Crippen LogP contribution in [0.2, 0.25) is 5.02 Å². The molecule has 0 spiro atoms. The molecule has 1 unspecified atom stereocenters. The number of aryl methyl sites for hydroxylation is 1. The van der Waals surface area contributed by atoms with Gasteiger partial charge in [0.05, 0.1) is 5.92 Å². The van der Waals surface area contributed by atoms with Crippen LogP contribution in [0, 0.1) is 5.92 Å². The molecule has 2 aromatic carbocycles. The Morgan fingerprint density at radius 1 is 1.25 bits per heavy atom. The maximum absolute atomic E-state index is 12.4. The largest absolute Gasteiger partial charge is 0.326 e. The summed E-state index contributed by atoms with van der Waals surface area (Å²) in [5, 5.41) is 3.40. The van der Waals surface area contributed by atoms with Gasteiger partial charge in [0.25, 0.3) is 0 Å². The van der Waals surface area contributed by atoms with Crippen molar-refractivity contribution in [3.05, 3.63) is 59.1 Å². The van der Waals surface area contributed by atoms with Crippen molar-refractivity contribution in [2.45, 2.75) is 19.8 Å². The maximum Gasteiger partial charge on any atom is 0.229 e. The second-order valence-corrected chi connectivity index (χ2v) is 6.36. The number of anilines is 2. The van der Waals surface area contributed by atoms with Gasteiger partial charge >= 0.3 is 0 Å². The number of nitrogens with zero attached hydrogens (tertiary/aromatic N) is 1. The fraction of sp³-hybridized carbons (Fsp3) is 0.263. The third-order valence-corrected chi connectivity index (χ3v) is 4.48. The van der Waals surface area contributed by atoms with Crippen molar-refractivity contribution in [1.29, 1.82) is 0 Å². The molecule has 0 aromatic heterocycles. The van der Waals surface area contributed by atoms with Crippen molar-refractivity contribution in [2.24, 2.45) is 5.92 Å². The molecule has 1 saturated heterocycles. The molecule has 4 nitrogen and oxygen atoms in total. The Hall–Kier alpha value is -2.33. The van der Waals surface area contributed by atoms with E-state index in [0.29, 0.717) is 17.3 Å². The van der Waals surface area contributed by atoms with Gasteiger partial charge in [-0.1, -0.05) is 36.7 Å². The van der Waals surface area contributed by atoms with Crippen LogP contribution in [0.25, 0.3) is 0 Å². The second-order valence-electron chi connectivity index (χ2n) is 5.92. The molecule has 1 fully saturated rings. The second kappa shape index (κ2) is 7.05. The third kappa shape index (κ3) is 3.60. The van der Waals surface area contributed by atoms with Crippen LogP contribution in [0.1, 0.15) is 18.9 Å². The summed E-state index contributed by atoms with van der Waals surface area (Å²) in [4.78, 5) is 26.4. The van der Waals surface area contributed by atoms with Crippen LogP contribution >= 0.6 is 11.6 Å². The maximum atomic E-state index is 12.4. The van der Waals surface area contributed by atoms with Crippen LogP contribution in [0.5, 0.6) is 0 Å². The van der Waals surface area contributed by atoms with Gasteiger partial charge in [-0.2, -0.15) is 0 Å². The Balaban J connectivity index is 1.68. The van der Waals surface area contributed by atoms with E-state index in [1.54, 1.807) is 29.2 Å². The van der Waals surface area contributed by atoms with E-state index in [0.717, 1.165) is 12.1 Å². The lowest BCUT2D eigenvalue weighted by atomic mass is 10.1. The van der Waals surface area contributed by atoms with Crippen LogP contribution in [-0.2, 0) is 16.0 Å². The Morgan fingerprint density at radius 2 is 2.00 bits per heavy atom. The number of rotatable bonds is 4. The highest BCUT2D eigenvalue weighted by Crippen LogP contribution is 2.26. The lowest BCUT2D eigenvalue weighted by Crippen LogP contribution is -2.28. The van der Waals surface area contributed by atoms with Crippen molar-refractivity contribution in [2.75, 3.05) is 16.8 Å². The Kier molecular flexibility index (Phi) is 4.86. The summed E-state index contributed by atoms with van der Waals surface area (Å²) in [5.74, 6) is -0.536. The molecular formula is C19H19ClN2O2. The summed E-state index contributed by atoms with van der Waals surface area (Å²) in [5.41, 5.74) is 2.71. The number of hydrogen-bond acceptors (Lipinski definition) is 2. The van der Waals surface area contributed by atoms with E-state index in [2.05, 4.69) is 12.2 Å². The van der Waals surface area contributed by atoms with E-state index < -0.39 is 0 Å². The van der Waals surface area contributed by atoms with E-state index in [4.69, 9.17) is 11.6 Å². The number of amides is 2. The Labute approximate surface area is 146 Å². The molecular weight excluding hydrogens is 324 g/mol. The molecule has 124 valence electrons. The zero-order valence-corrected chi connectivity index (χ0v) is 14.2. The minimum absolute atomic E-state index is 0.0227. The normalized spacial score (nSPS) is 17.2. The summed E-state index contributed by atoms with van der Waals surface area (Å²) in [6.07, 6.45) is 1.18.